The number of hydrogen-bond acceptors (Lipinski definition) is 5. The molecule has 0 bridgehead atoms. The molecule has 24 heavy (non-hydrogen) atoms. The summed E-state index contributed by atoms with van der Waals surface area (Å²) in [5.74, 6) is -1.54. The Balaban J connectivity index is 2.50. The summed E-state index contributed by atoms with van der Waals surface area (Å²) in [7, 11) is 1.21. The van der Waals surface area contributed by atoms with Crippen LogP contribution in [-0.2, 0) is 19.1 Å². The third-order valence-electron chi connectivity index (χ3n) is 3.37. The van der Waals surface area contributed by atoms with Crippen LogP contribution in [0.3, 0.4) is 0 Å². The van der Waals surface area contributed by atoms with E-state index >= 15 is 0 Å². The number of carbonyl (C=O) groups is 4. The van der Waals surface area contributed by atoms with Gasteiger partial charge in [-0.3, -0.25) is 14.4 Å². The van der Waals surface area contributed by atoms with E-state index in [0.29, 0.717) is 12.0 Å². The number of methoxy groups -OCH3 is 1. The number of nitrogens with one attached hydrogen (secondary N) is 2. The van der Waals surface area contributed by atoms with E-state index in [4.69, 9.17) is 0 Å². The molecule has 7 heteroatoms. The highest BCUT2D eigenvalue weighted by molar-refractivity contribution is 5.96. The fourth-order valence-corrected chi connectivity index (χ4v) is 1.97. The zero-order valence-corrected chi connectivity index (χ0v) is 13.8. The number of amides is 2. The first-order chi connectivity index (χ1) is 11.5. The van der Waals surface area contributed by atoms with Gasteiger partial charge in [-0.15, -0.1) is 0 Å². The van der Waals surface area contributed by atoms with Crippen molar-refractivity contribution in [2.45, 2.75) is 32.2 Å². The average Bonchev–Trinajstić information content (AvgIpc) is 2.62. The van der Waals surface area contributed by atoms with E-state index in [9.17, 15) is 19.2 Å². The number of ether oxygens (including phenoxy) is 1. The summed E-state index contributed by atoms with van der Waals surface area (Å²) in [4.78, 5) is 46.8. The number of Topliss-reactive ketones (excluding diaryl/α,β-unsaturated/α-hetero) is 1. The Bertz CT molecular complexity index is 586. The Hall–Kier alpha value is -2.70. The van der Waals surface area contributed by atoms with E-state index in [-0.39, 0.29) is 31.1 Å². The van der Waals surface area contributed by atoms with Crippen LogP contribution in [0.4, 0.5) is 0 Å². The predicted molar refractivity (Wildman–Crippen MR) is 87.3 cm³/mol. The molecule has 130 valence electrons. The van der Waals surface area contributed by atoms with E-state index in [2.05, 4.69) is 15.4 Å². The number of benzene rings is 1. The van der Waals surface area contributed by atoms with Gasteiger partial charge in [0.2, 0.25) is 5.91 Å². The third-order valence-corrected chi connectivity index (χ3v) is 3.37. The molecule has 0 spiro atoms. The lowest BCUT2D eigenvalue weighted by molar-refractivity contribution is -0.145. The van der Waals surface area contributed by atoms with Crippen molar-refractivity contribution in [1.29, 1.82) is 0 Å². The van der Waals surface area contributed by atoms with Gasteiger partial charge in [0.1, 0.15) is 11.8 Å². The maximum Gasteiger partial charge on any atom is 0.328 e. The molecule has 2 N–H and O–H groups in total. The summed E-state index contributed by atoms with van der Waals surface area (Å²) >= 11 is 0. The van der Waals surface area contributed by atoms with E-state index in [0.717, 1.165) is 0 Å². The summed E-state index contributed by atoms with van der Waals surface area (Å²) in [6, 6.07) is 7.55. The molecule has 0 aliphatic rings. The quantitative estimate of drug-likeness (QED) is 0.652. The number of esters is 1. The van der Waals surface area contributed by atoms with Crippen LogP contribution in [0, 0.1) is 0 Å². The largest absolute Gasteiger partial charge is 0.467 e. The average molecular weight is 334 g/mol. The smallest absolute Gasteiger partial charge is 0.328 e. The molecule has 0 radical (unpaired) electrons. The van der Waals surface area contributed by atoms with Crippen molar-refractivity contribution in [1.82, 2.24) is 10.6 Å². The van der Waals surface area contributed by atoms with E-state index in [1.54, 1.807) is 37.3 Å². The molecule has 2 amide bonds. The molecule has 1 atom stereocenters. The molecule has 0 fully saturated rings. The first kappa shape index (κ1) is 19.3. The molecule has 1 aromatic rings. The molecule has 1 aromatic carbocycles. The molecule has 1 rings (SSSR count). The van der Waals surface area contributed by atoms with Crippen molar-refractivity contribution in [3.8, 4) is 0 Å². The van der Waals surface area contributed by atoms with Crippen LogP contribution in [0.5, 0.6) is 0 Å². The standard InChI is InChI=1S/C17H22N2O5/c1-3-13(20)9-10-14(17(23)24-2)19-15(21)11-18-16(22)12-7-5-4-6-8-12/h4-8,14H,3,9-11H2,1-2H3,(H,18,22)(H,19,21)/t14-/m1/s1. The normalized spacial score (nSPS) is 11.2. The van der Waals surface area contributed by atoms with Crippen LogP contribution in [0.1, 0.15) is 36.5 Å². The maximum atomic E-state index is 11.9. The maximum absolute atomic E-state index is 11.9. The van der Waals surface area contributed by atoms with Crippen molar-refractivity contribution in [3.05, 3.63) is 35.9 Å². The van der Waals surface area contributed by atoms with E-state index < -0.39 is 17.9 Å². The monoisotopic (exact) mass is 334 g/mol. The second kappa shape index (κ2) is 10.1. The van der Waals surface area contributed by atoms with Gasteiger partial charge < -0.3 is 15.4 Å². The molecule has 0 saturated heterocycles. The minimum absolute atomic E-state index is 0.00414. The summed E-state index contributed by atoms with van der Waals surface area (Å²) in [6.45, 7) is 1.45. The number of ketones is 1. The Morgan fingerprint density at radius 2 is 1.79 bits per heavy atom. The Labute approximate surface area is 140 Å². The van der Waals surface area contributed by atoms with Crippen LogP contribution in [0.2, 0.25) is 0 Å². The molecular weight excluding hydrogens is 312 g/mol. The van der Waals surface area contributed by atoms with Gasteiger partial charge >= 0.3 is 5.97 Å². The third kappa shape index (κ3) is 6.60. The van der Waals surface area contributed by atoms with Crippen molar-refractivity contribution in [3.63, 3.8) is 0 Å². The van der Waals surface area contributed by atoms with Gasteiger partial charge in [-0.2, -0.15) is 0 Å². The molecule has 0 aliphatic carbocycles. The minimum Gasteiger partial charge on any atom is -0.467 e. The first-order valence-corrected chi connectivity index (χ1v) is 7.70. The zero-order valence-electron chi connectivity index (χ0n) is 13.8. The lowest BCUT2D eigenvalue weighted by atomic mass is 10.1. The lowest BCUT2D eigenvalue weighted by Gasteiger charge is -2.16. The highest BCUT2D eigenvalue weighted by Gasteiger charge is 2.22. The molecule has 7 nitrogen and oxygen atoms in total. The first-order valence-electron chi connectivity index (χ1n) is 7.70. The van der Waals surface area contributed by atoms with Gasteiger partial charge in [0.25, 0.3) is 5.91 Å². The molecule has 0 unspecified atom stereocenters. The van der Waals surface area contributed by atoms with Gasteiger partial charge in [0.05, 0.1) is 13.7 Å². The zero-order chi connectivity index (χ0) is 17.9. The second-order valence-corrected chi connectivity index (χ2v) is 5.12. The lowest BCUT2D eigenvalue weighted by Crippen LogP contribution is -2.46. The highest BCUT2D eigenvalue weighted by Crippen LogP contribution is 2.03. The predicted octanol–water partition coefficient (Wildman–Crippen LogP) is 0.833. The fourth-order valence-electron chi connectivity index (χ4n) is 1.97. The summed E-state index contributed by atoms with van der Waals surface area (Å²) in [5.41, 5.74) is 0.434. The van der Waals surface area contributed by atoms with Crippen molar-refractivity contribution in [2.24, 2.45) is 0 Å². The summed E-state index contributed by atoms with van der Waals surface area (Å²) in [6.07, 6.45) is 0.708. The number of rotatable bonds is 9. The van der Waals surface area contributed by atoms with Gasteiger partial charge in [0, 0.05) is 18.4 Å². The van der Waals surface area contributed by atoms with Gasteiger partial charge in [-0.1, -0.05) is 25.1 Å². The second-order valence-electron chi connectivity index (χ2n) is 5.12. The van der Waals surface area contributed by atoms with Gasteiger partial charge in [0.15, 0.2) is 0 Å². The Morgan fingerprint density at radius 3 is 2.38 bits per heavy atom. The van der Waals surface area contributed by atoms with Crippen LogP contribution >= 0.6 is 0 Å². The van der Waals surface area contributed by atoms with Crippen molar-refractivity contribution < 1.29 is 23.9 Å². The van der Waals surface area contributed by atoms with Gasteiger partial charge in [-0.05, 0) is 18.6 Å². The molecule has 0 saturated carbocycles. The van der Waals surface area contributed by atoms with E-state index in [1.165, 1.54) is 7.11 Å². The Morgan fingerprint density at radius 1 is 1.12 bits per heavy atom. The molecule has 0 aliphatic heterocycles. The summed E-state index contributed by atoms with van der Waals surface area (Å²) in [5, 5.41) is 4.94. The van der Waals surface area contributed by atoms with Gasteiger partial charge in [-0.25, -0.2) is 4.79 Å². The van der Waals surface area contributed by atoms with Crippen LogP contribution in [-0.4, -0.2) is 43.3 Å². The van der Waals surface area contributed by atoms with E-state index in [1.807, 2.05) is 0 Å². The SMILES string of the molecule is CCC(=O)CC[C@@H](NC(=O)CNC(=O)c1ccccc1)C(=O)OC. The fraction of sp³-hybridized carbons (Fsp3) is 0.412. The molecular formula is C17H22N2O5. The topological polar surface area (TPSA) is 102 Å². The minimum atomic E-state index is -0.911. The van der Waals surface area contributed by atoms with Crippen LogP contribution in [0.25, 0.3) is 0 Å². The van der Waals surface area contributed by atoms with Crippen molar-refractivity contribution in [2.75, 3.05) is 13.7 Å². The number of hydrogen-bond donors (Lipinski definition) is 2. The van der Waals surface area contributed by atoms with Crippen LogP contribution < -0.4 is 10.6 Å². The molecule has 0 heterocycles. The summed E-state index contributed by atoms with van der Waals surface area (Å²) < 4.78 is 4.62. The van der Waals surface area contributed by atoms with Crippen molar-refractivity contribution >= 4 is 23.6 Å². The van der Waals surface area contributed by atoms with Crippen LogP contribution in [0.15, 0.2) is 30.3 Å². The molecule has 0 aromatic heterocycles. The number of carbonyl (C=O) groups excluding carboxylic acids is 4. The Kier molecular flexibility index (Phi) is 8.18. The highest BCUT2D eigenvalue weighted by atomic mass is 16.5.